The summed E-state index contributed by atoms with van der Waals surface area (Å²) < 4.78 is 0. The molecule has 1 aromatic carbocycles. The van der Waals surface area contributed by atoms with Gasteiger partial charge in [-0.2, -0.15) is 0 Å². The second kappa shape index (κ2) is 5.52. The van der Waals surface area contributed by atoms with E-state index in [9.17, 15) is 5.11 Å². The molecule has 2 N–H and O–H groups in total. The lowest BCUT2D eigenvalue weighted by molar-refractivity contribution is 0.194. The second-order valence-corrected chi connectivity index (χ2v) is 5.03. The number of nitrogens with one attached hydrogen (secondary N) is 1. The van der Waals surface area contributed by atoms with Crippen molar-refractivity contribution in [1.82, 2.24) is 10.2 Å². The van der Waals surface area contributed by atoms with Crippen molar-refractivity contribution in [3.8, 4) is 5.75 Å². The minimum atomic E-state index is 0.342. The van der Waals surface area contributed by atoms with Gasteiger partial charge in [-0.25, -0.2) is 0 Å². The lowest BCUT2D eigenvalue weighted by Crippen LogP contribution is -2.40. The molecule has 94 valence electrons. The van der Waals surface area contributed by atoms with Crippen molar-refractivity contribution < 1.29 is 5.11 Å². The van der Waals surface area contributed by atoms with Crippen molar-refractivity contribution in [2.45, 2.75) is 31.8 Å². The molecular formula is C14H22N2O. The number of benzene rings is 1. The van der Waals surface area contributed by atoms with Gasteiger partial charge >= 0.3 is 0 Å². The first-order valence-electron chi connectivity index (χ1n) is 6.37. The fraction of sp³-hybridized carbons (Fsp3) is 0.571. The number of hydrogen-bond acceptors (Lipinski definition) is 3. The molecule has 3 heteroatoms. The topological polar surface area (TPSA) is 35.5 Å². The third kappa shape index (κ3) is 3.20. The van der Waals surface area contributed by atoms with Gasteiger partial charge in [0.1, 0.15) is 5.75 Å². The number of hydrogen-bond donors (Lipinski definition) is 2. The largest absolute Gasteiger partial charge is 0.508 e. The number of aromatic hydroxyl groups is 1. The van der Waals surface area contributed by atoms with Gasteiger partial charge < -0.3 is 10.4 Å². The molecule has 1 fully saturated rings. The molecule has 1 aromatic rings. The van der Waals surface area contributed by atoms with Gasteiger partial charge in [-0.1, -0.05) is 12.1 Å². The molecule has 0 saturated carbocycles. The number of rotatable bonds is 4. The first-order valence-corrected chi connectivity index (χ1v) is 6.37. The van der Waals surface area contributed by atoms with Crippen molar-refractivity contribution in [2.75, 3.05) is 20.1 Å². The highest BCUT2D eigenvalue weighted by molar-refractivity contribution is 5.26. The molecule has 0 aliphatic carbocycles. The van der Waals surface area contributed by atoms with E-state index in [0.29, 0.717) is 17.8 Å². The van der Waals surface area contributed by atoms with Crippen molar-refractivity contribution in [3.63, 3.8) is 0 Å². The van der Waals surface area contributed by atoms with E-state index >= 15 is 0 Å². The molecule has 3 nitrogen and oxygen atoms in total. The number of likely N-dealkylation sites (N-methyl/N-ethyl adjacent to an activating group) is 1. The van der Waals surface area contributed by atoms with Gasteiger partial charge in [0.2, 0.25) is 0 Å². The summed E-state index contributed by atoms with van der Waals surface area (Å²) >= 11 is 0. The maximum atomic E-state index is 9.25. The summed E-state index contributed by atoms with van der Waals surface area (Å²) in [4.78, 5) is 2.47. The Morgan fingerprint density at radius 2 is 2.12 bits per heavy atom. The molecule has 2 unspecified atom stereocenters. The van der Waals surface area contributed by atoms with Gasteiger partial charge in [-0.05, 0) is 51.1 Å². The van der Waals surface area contributed by atoms with Gasteiger partial charge in [-0.15, -0.1) is 0 Å². The number of nitrogens with zero attached hydrogens (tertiary/aromatic N) is 1. The molecule has 2 atom stereocenters. The van der Waals surface area contributed by atoms with Crippen LogP contribution in [0.2, 0.25) is 0 Å². The fourth-order valence-electron chi connectivity index (χ4n) is 2.46. The quantitative estimate of drug-likeness (QED) is 0.831. The predicted molar refractivity (Wildman–Crippen MR) is 70.3 cm³/mol. The summed E-state index contributed by atoms with van der Waals surface area (Å²) in [5.74, 6) is 0.342. The summed E-state index contributed by atoms with van der Waals surface area (Å²) in [6.45, 7) is 4.52. The maximum absolute atomic E-state index is 9.25. The monoisotopic (exact) mass is 234 g/mol. The normalized spacial score (nSPS) is 21.9. The zero-order chi connectivity index (χ0) is 12.3. The van der Waals surface area contributed by atoms with Crippen LogP contribution in [0.4, 0.5) is 0 Å². The predicted octanol–water partition coefficient (Wildman–Crippen LogP) is 1.62. The maximum Gasteiger partial charge on any atom is 0.115 e. The van der Waals surface area contributed by atoms with Gasteiger partial charge in [0, 0.05) is 18.6 Å². The standard InChI is InChI=1S/C14H22N2O/c1-11(16(2)13-7-8-15-10-13)9-12-3-5-14(17)6-4-12/h3-6,11,13,15,17H,7-10H2,1-2H3. The van der Waals surface area contributed by atoms with Crippen LogP contribution in [0, 0.1) is 0 Å². The highest BCUT2D eigenvalue weighted by Gasteiger charge is 2.22. The van der Waals surface area contributed by atoms with Gasteiger partial charge in [0.05, 0.1) is 0 Å². The average molecular weight is 234 g/mol. The second-order valence-electron chi connectivity index (χ2n) is 5.03. The van der Waals surface area contributed by atoms with Crippen molar-refractivity contribution in [3.05, 3.63) is 29.8 Å². The van der Waals surface area contributed by atoms with E-state index in [1.807, 2.05) is 12.1 Å². The zero-order valence-corrected chi connectivity index (χ0v) is 10.7. The lowest BCUT2D eigenvalue weighted by atomic mass is 10.0. The molecule has 0 bridgehead atoms. The van der Waals surface area contributed by atoms with E-state index < -0.39 is 0 Å². The third-order valence-electron chi connectivity index (χ3n) is 3.77. The van der Waals surface area contributed by atoms with Crippen LogP contribution in [-0.4, -0.2) is 42.2 Å². The summed E-state index contributed by atoms with van der Waals surface area (Å²) in [5.41, 5.74) is 1.29. The molecule has 1 aliphatic rings. The van der Waals surface area contributed by atoms with E-state index in [1.165, 1.54) is 12.0 Å². The SMILES string of the molecule is CC(Cc1ccc(O)cc1)N(C)C1CCNC1. The minimum Gasteiger partial charge on any atom is -0.508 e. The van der Waals surface area contributed by atoms with Crippen molar-refractivity contribution in [2.24, 2.45) is 0 Å². The summed E-state index contributed by atoms with van der Waals surface area (Å²) in [5, 5.41) is 12.7. The fourth-order valence-corrected chi connectivity index (χ4v) is 2.46. The van der Waals surface area contributed by atoms with E-state index in [-0.39, 0.29) is 0 Å². The first-order chi connectivity index (χ1) is 8.16. The Hall–Kier alpha value is -1.06. The Bertz CT molecular complexity index is 344. The first kappa shape index (κ1) is 12.4. The highest BCUT2D eigenvalue weighted by Crippen LogP contribution is 2.16. The van der Waals surface area contributed by atoms with Crippen LogP contribution in [0.15, 0.2) is 24.3 Å². The van der Waals surface area contributed by atoms with Gasteiger partial charge in [0.15, 0.2) is 0 Å². The number of phenols is 1. The molecule has 0 amide bonds. The van der Waals surface area contributed by atoms with Crippen LogP contribution in [0.1, 0.15) is 18.9 Å². The minimum absolute atomic E-state index is 0.342. The van der Waals surface area contributed by atoms with Crippen LogP contribution < -0.4 is 5.32 Å². The van der Waals surface area contributed by atoms with Crippen LogP contribution in [-0.2, 0) is 6.42 Å². The molecular weight excluding hydrogens is 212 g/mol. The number of phenolic OH excluding ortho intramolecular Hbond substituents is 1. The molecule has 17 heavy (non-hydrogen) atoms. The molecule has 1 saturated heterocycles. The van der Waals surface area contributed by atoms with Crippen LogP contribution >= 0.6 is 0 Å². The van der Waals surface area contributed by atoms with Crippen molar-refractivity contribution >= 4 is 0 Å². The average Bonchev–Trinajstić information content (AvgIpc) is 2.84. The molecule has 1 heterocycles. The Morgan fingerprint density at radius 1 is 1.41 bits per heavy atom. The molecule has 2 rings (SSSR count). The molecule has 1 aliphatic heterocycles. The van der Waals surface area contributed by atoms with Crippen LogP contribution in [0.5, 0.6) is 5.75 Å². The smallest absolute Gasteiger partial charge is 0.115 e. The molecule has 0 aromatic heterocycles. The Labute approximate surface area is 103 Å². The van der Waals surface area contributed by atoms with Crippen molar-refractivity contribution in [1.29, 1.82) is 0 Å². The van der Waals surface area contributed by atoms with E-state index in [2.05, 4.69) is 24.2 Å². The third-order valence-corrected chi connectivity index (χ3v) is 3.77. The van der Waals surface area contributed by atoms with E-state index in [1.54, 1.807) is 12.1 Å². The molecule has 0 radical (unpaired) electrons. The Kier molecular flexibility index (Phi) is 4.02. The zero-order valence-electron chi connectivity index (χ0n) is 10.7. The van der Waals surface area contributed by atoms with Crippen LogP contribution in [0.25, 0.3) is 0 Å². The van der Waals surface area contributed by atoms with Crippen LogP contribution in [0.3, 0.4) is 0 Å². The highest BCUT2D eigenvalue weighted by atomic mass is 16.3. The summed E-state index contributed by atoms with van der Waals surface area (Å²) in [6, 6.07) is 8.74. The molecule has 0 spiro atoms. The van der Waals surface area contributed by atoms with Gasteiger partial charge in [0.25, 0.3) is 0 Å². The lowest BCUT2D eigenvalue weighted by Gasteiger charge is -2.30. The summed E-state index contributed by atoms with van der Waals surface area (Å²) in [6.07, 6.45) is 2.28. The summed E-state index contributed by atoms with van der Waals surface area (Å²) in [7, 11) is 2.21. The van der Waals surface area contributed by atoms with E-state index in [4.69, 9.17) is 0 Å². The van der Waals surface area contributed by atoms with Gasteiger partial charge in [-0.3, -0.25) is 4.90 Å². The Balaban J connectivity index is 1.91. The van der Waals surface area contributed by atoms with E-state index in [0.717, 1.165) is 19.5 Å². The Morgan fingerprint density at radius 3 is 2.71 bits per heavy atom.